The predicted octanol–water partition coefficient (Wildman–Crippen LogP) is 2.96. The number of rotatable bonds is 2. The van der Waals surface area contributed by atoms with E-state index in [1.807, 2.05) is 35.1 Å². The molecule has 2 aliphatic rings. The van der Waals surface area contributed by atoms with Crippen molar-refractivity contribution >= 4 is 11.8 Å². The minimum atomic E-state index is 0.135. The molecule has 0 N–H and O–H groups in total. The maximum absolute atomic E-state index is 12.6. The van der Waals surface area contributed by atoms with E-state index in [1.54, 1.807) is 0 Å². The molecule has 2 amide bonds. The highest BCUT2D eigenvalue weighted by Crippen LogP contribution is 2.36. The van der Waals surface area contributed by atoms with Crippen molar-refractivity contribution in [3.63, 3.8) is 0 Å². The summed E-state index contributed by atoms with van der Waals surface area (Å²) in [7, 11) is 0. The first-order valence-electron chi connectivity index (χ1n) is 7.25. The van der Waals surface area contributed by atoms with Gasteiger partial charge in [0, 0.05) is 12.7 Å². The largest absolute Gasteiger partial charge is 0.326 e. The molecule has 19 heavy (non-hydrogen) atoms. The van der Waals surface area contributed by atoms with Crippen molar-refractivity contribution in [3.8, 4) is 0 Å². The van der Waals surface area contributed by atoms with Crippen LogP contribution in [0.15, 0.2) is 18.3 Å². The lowest BCUT2D eigenvalue weighted by Crippen LogP contribution is -2.40. The molecule has 0 radical (unpaired) electrons. The predicted molar refractivity (Wildman–Crippen MR) is 75.3 cm³/mol. The van der Waals surface area contributed by atoms with Gasteiger partial charge in [-0.05, 0) is 38.3 Å². The molecule has 0 bridgehead atoms. The Morgan fingerprint density at radius 2 is 2.00 bits per heavy atom. The Balaban J connectivity index is 1.95. The molecular formula is C15H21N3O. The fourth-order valence-electron chi connectivity index (χ4n) is 3.42. The summed E-state index contributed by atoms with van der Waals surface area (Å²) in [5.41, 5.74) is 1.13. The molecular weight excluding hydrogens is 238 g/mol. The van der Waals surface area contributed by atoms with Crippen LogP contribution in [0.5, 0.6) is 0 Å². The van der Waals surface area contributed by atoms with E-state index in [0.29, 0.717) is 12.1 Å². The molecule has 3 rings (SSSR count). The van der Waals surface area contributed by atoms with Gasteiger partial charge in [0.25, 0.3) is 0 Å². The highest BCUT2D eigenvalue weighted by molar-refractivity contribution is 5.94. The highest BCUT2D eigenvalue weighted by Gasteiger charge is 2.46. The standard InChI is InChI=1S/C15H21N3O/c1-3-17-12-6-4-5-7-13(12)18(15(17)19)14-9-8-11(2)10-16-14/h8-10,12-13H,3-7H2,1-2H3. The van der Waals surface area contributed by atoms with Crippen LogP contribution in [0.3, 0.4) is 0 Å². The van der Waals surface area contributed by atoms with Gasteiger partial charge in [0.05, 0.1) is 12.1 Å². The second-order valence-electron chi connectivity index (χ2n) is 5.55. The number of anilines is 1. The number of aryl methyl sites for hydroxylation is 1. The van der Waals surface area contributed by atoms with Crippen molar-refractivity contribution in [1.29, 1.82) is 0 Å². The summed E-state index contributed by atoms with van der Waals surface area (Å²) in [4.78, 5) is 21.0. The van der Waals surface area contributed by atoms with E-state index >= 15 is 0 Å². The van der Waals surface area contributed by atoms with Gasteiger partial charge in [-0.1, -0.05) is 18.9 Å². The van der Waals surface area contributed by atoms with E-state index in [1.165, 1.54) is 12.8 Å². The molecule has 1 aliphatic carbocycles. The number of pyridine rings is 1. The van der Waals surface area contributed by atoms with Gasteiger partial charge in [-0.15, -0.1) is 0 Å². The minimum absolute atomic E-state index is 0.135. The Morgan fingerprint density at radius 3 is 2.63 bits per heavy atom. The van der Waals surface area contributed by atoms with Crippen molar-refractivity contribution in [2.24, 2.45) is 0 Å². The molecule has 1 saturated carbocycles. The summed E-state index contributed by atoms with van der Waals surface area (Å²) >= 11 is 0. The van der Waals surface area contributed by atoms with Gasteiger partial charge in [0.2, 0.25) is 0 Å². The van der Waals surface area contributed by atoms with Crippen LogP contribution < -0.4 is 4.90 Å². The van der Waals surface area contributed by atoms with Crippen LogP contribution in [-0.4, -0.2) is 34.5 Å². The molecule has 2 atom stereocenters. The molecule has 102 valence electrons. The Hall–Kier alpha value is -1.58. The summed E-state index contributed by atoms with van der Waals surface area (Å²) < 4.78 is 0. The fraction of sp³-hybridized carbons (Fsp3) is 0.600. The lowest BCUT2D eigenvalue weighted by Gasteiger charge is -2.31. The number of aromatic nitrogens is 1. The zero-order valence-electron chi connectivity index (χ0n) is 11.7. The normalized spacial score (nSPS) is 26.7. The molecule has 2 unspecified atom stereocenters. The zero-order valence-corrected chi connectivity index (χ0v) is 11.7. The number of nitrogens with zero attached hydrogens (tertiary/aromatic N) is 3. The Kier molecular flexibility index (Phi) is 3.17. The Labute approximate surface area is 114 Å². The number of hydrogen-bond donors (Lipinski definition) is 0. The highest BCUT2D eigenvalue weighted by atomic mass is 16.2. The number of fused-ring (bicyclic) bond motifs is 1. The van der Waals surface area contributed by atoms with Crippen LogP contribution in [0.25, 0.3) is 0 Å². The summed E-state index contributed by atoms with van der Waals surface area (Å²) in [6.07, 6.45) is 6.53. The van der Waals surface area contributed by atoms with Gasteiger partial charge in [0.1, 0.15) is 5.82 Å². The summed E-state index contributed by atoms with van der Waals surface area (Å²) in [5.74, 6) is 0.809. The van der Waals surface area contributed by atoms with Gasteiger partial charge in [-0.3, -0.25) is 4.90 Å². The molecule has 2 heterocycles. The van der Waals surface area contributed by atoms with Gasteiger partial charge >= 0.3 is 6.03 Å². The number of carbonyl (C=O) groups excluding carboxylic acids is 1. The van der Waals surface area contributed by atoms with Crippen molar-refractivity contribution in [2.45, 2.75) is 51.6 Å². The maximum atomic E-state index is 12.6. The van der Waals surface area contributed by atoms with Crippen molar-refractivity contribution in [3.05, 3.63) is 23.9 Å². The quantitative estimate of drug-likeness (QED) is 0.818. The van der Waals surface area contributed by atoms with Gasteiger partial charge in [-0.2, -0.15) is 0 Å². The van der Waals surface area contributed by atoms with Crippen LogP contribution in [0.4, 0.5) is 10.6 Å². The third kappa shape index (κ3) is 1.99. The second-order valence-corrected chi connectivity index (χ2v) is 5.55. The van der Waals surface area contributed by atoms with E-state index in [2.05, 4.69) is 11.9 Å². The minimum Gasteiger partial charge on any atom is -0.320 e. The number of urea groups is 1. The van der Waals surface area contributed by atoms with Crippen LogP contribution in [0.2, 0.25) is 0 Å². The first-order chi connectivity index (χ1) is 9.22. The van der Waals surface area contributed by atoms with E-state index < -0.39 is 0 Å². The van der Waals surface area contributed by atoms with Gasteiger partial charge < -0.3 is 4.90 Å². The number of hydrogen-bond acceptors (Lipinski definition) is 2. The van der Waals surface area contributed by atoms with Crippen molar-refractivity contribution in [1.82, 2.24) is 9.88 Å². The monoisotopic (exact) mass is 259 g/mol. The third-order valence-corrected chi connectivity index (χ3v) is 4.36. The Bertz CT molecular complexity index is 471. The van der Waals surface area contributed by atoms with Crippen LogP contribution in [0, 0.1) is 6.92 Å². The summed E-state index contributed by atoms with van der Waals surface area (Å²) in [6.45, 7) is 4.88. The van der Waals surface area contributed by atoms with E-state index in [-0.39, 0.29) is 6.03 Å². The SMILES string of the molecule is CCN1C(=O)N(c2ccc(C)cn2)C2CCCCC21. The molecule has 1 saturated heterocycles. The lowest BCUT2D eigenvalue weighted by atomic mass is 9.90. The van der Waals surface area contributed by atoms with Crippen molar-refractivity contribution in [2.75, 3.05) is 11.4 Å². The first-order valence-corrected chi connectivity index (χ1v) is 7.25. The molecule has 4 heteroatoms. The van der Waals surface area contributed by atoms with Crippen molar-refractivity contribution < 1.29 is 4.79 Å². The average molecular weight is 259 g/mol. The second kappa shape index (κ2) is 4.83. The van der Waals surface area contributed by atoms with E-state index in [4.69, 9.17) is 0 Å². The van der Waals surface area contributed by atoms with Crippen LogP contribution in [-0.2, 0) is 0 Å². The van der Waals surface area contributed by atoms with Gasteiger partial charge in [-0.25, -0.2) is 9.78 Å². The molecule has 0 spiro atoms. The molecule has 1 aromatic rings. The summed E-state index contributed by atoms with van der Waals surface area (Å²) in [6, 6.07) is 4.83. The lowest BCUT2D eigenvalue weighted by molar-refractivity contribution is 0.195. The first kappa shape index (κ1) is 12.5. The number of amides is 2. The maximum Gasteiger partial charge on any atom is 0.326 e. The molecule has 1 aliphatic heterocycles. The van der Waals surface area contributed by atoms with Crippen LogP contribution in [0.1, 0.15) is 38.2 Å². The molecule has 2 fully saturated rings. The third-order valence-electron chi connectivity index (χ3n) is 4.36. The average Bonchev–Trinajstić information content (AvgIpc) is 2.71. The van der Waals surface area contributed by atoms with Crippen LogP contribution >= 0.6 is 0 Å². The molecule has 4 nitrogen and oxygen atoms in total. The summed E-state index contributed by atoms with van der Waals surface area (Å²) in [5, 5.41) is 0. The van der Waals surface area contributed by atoms with Gasteiger partial charge in [0.15, 0.2) is 0 Å². The fourth-order valence-corrected chi connectivity index (χ4v) is 3.42. The number of carbonyl (C=O) groups is 1. The topological polar surface area (TPSA) is 36.4 Å². The smallest absolute Gasteiger partial charge is 0.320 e. The van der Waals surface area contributed by atoms with E-state index in [0.717, 1.165) is 30.8 Å². The zero-order chi connectivity index (χ0) is 13.4. The number of likely N-dealkylation sites (N-methyl/N-ethyl adjacent to an activating group) is 1. The Morgan fingerprint density at radius 1 is 1.26 bits per heavy atom. The molecule has 0 aromatic carbocycles. The molecule has 1 aromatic heterocycles. The van der Waals surface area contributed by atoms with E-state index in [9.17, 15) is 4.79 Å².